The van der Waals surface area contributed by atoms with Crippen molar-refractivity contribution in [3.05, 3.63) is 27.9 Å². The predicted octanol–water partition coefficient (Wildman–Crippen LogP) is 0.929. The van der Waals surface area contributed by atoms with Crippen molar-refractivity contribution in [1.29, 1.82) is 0 Å². The molecule has 8 heteroatoms. The molecule has 0 saturated carbocycles. The molecule has 0 aromatic carbocycles. The second-order valence-electron chi connectivity index (χ2n) is 3.98. The summed E-state index contributed by atoms with van der Waals surface area (Å²) < 4.78 is 0. The molecule has 0 atom stereocenters. The van der Waals surface area contributed by atoms with Crippen molar-refractivity contribution in [2.24, 2.45) is 10.9 Å². The maximum atomic E-state index is 10.8. The zero-order valence-corrected chi connectivity index (χ0v) is 10.4. The first-order valence-electron chi connectivity index (χ1n) is 5.24. The zero-order valence-electron chi connectivity index (χ0n) is 10.4. The Morgan fingerprint density at radius 3 is 2.67 bits per heavy atom. The summed E-state index contributed by atoms with van der Waals surface area (Å²) in [5.41, 5.74) is 4.95. The SMILES string of the molecule is CC(C)N(C)c1ccc([N+](=O)[O-])c(/C(N)=N/O)n1. The summed E-state index contributed by atoms with van der Waals surface area (Å²) >= 11 is 0. The molecule has 18 heavy (non-hydrogen) atoms. The average Bonchev–Trinajstić information content (AvgIpc) is 2.35. The third-order valence-corrected chi connectivity index (χ3v) is 2.54. The molecule has 1 rings (SSSR count). The number of hydrogen-bond acceptors (Lipinski definition) is 6. The number of hydrogen-bond donors (Lipinski definition) is 2. The topological polar surface area (TPSA) is 118 Å². The van der Waals surface area contributed by atoms with E-state index in [1.165, 1.54) is 12.1 Å². The van der Waals surface area contributed by atoms with Crippen LogP contribution in [-0.4, -0.2) is 34.0 Å². The van der Waals surface area contributed by atoms with Crippen LogP contribution < -0.4 is 10.6 Å². The second-order valence-corrected chi connectivity index (χ2v) is 3.98. The maximum absolute atomic E-state index is 10.8. The third kappa shape index (κ3) is 2.65. The highest BCUT2D eigenvalue weighted by molar-refractivity contribution is 5.99. The fourth-order valence-electron chi connectivity index (χ4n) is 1.29. The van der Waals surface area contributed by atoms with E-state index in [0.717, 1.165) is 0 Å². The summed E-state index contributed by atoms with van der Waals surface area (Å²) in [4.78, 5) is 16.1. The van der Waals surface area contributed by atoms with Gasteiger partial charge in [0.25, 0.3) is 5.69 Å². The number of nitrogens with two attached hydrogens (primary N) is 1. The molecule has 0 saturated heterocycles. The second kappa shape index (κ2) is 5.30. The highest BCUT2D eigenvalue weighted by Crippen LogP contribution is 2.21. The number of pyridine rings is 1. The third-order valence-electron chi connectivity index (χ3n) is 2.54. The molecular weight excluding hydrogens is 238 g/mol. The van der Waals surface area contributed by atoms with Crippen molar-refractivity contribution in [3.63, 3.8) is 0 Å². The molecule has 1 aromatic rings. The predicted molar refractivity (Wildman–Crippen MR) is 66.9 cm³/mol. The molecule has 3 N–H and O–H groups in total. The number of oxime groups is 1. The molecule has 1 heterocycles. The fourth-order valence-corrected chi connectivity index (χ4v) is 1.29. The summed E-state index contributed by atoms with van der Waals surface area (Å²) in [5.74, 6) is 0.123. The lowest BCUT2D eigenvalue weighted by Crippen LogP contribution is -2.28. The summed E-state index contributed by atoms with van der Waals surface area (Å²) in [6, 6.07) is 2.97. The highest BCUT2D eigenvalue weighted by atomic mass is 16.6. The van der Waals surface area contributed by atoms with Crippen LogP contribution in [0, 0.1) is 10.1 Å². The van der Waals surface area contributed by atoms with E-state index in [4.69, 9.17) is 10.9 Å². The van der Waals surface area contributed by atoms with Gasteiger partial charge in [-0.2, -0.15) is 0 Å². The first kappa shape index (κ1) is 13.7. The molecule has 0 amide bonds. The Kier molecular flexibility index (Phi) is 4.03. The Balaban J connectivity index is 3.34. The summed E-state index contributed by atoms with van der Waals surface area (Å²) in [7, 11) is 1.80. The Hall–Kier alpha value is -2.38. The van der Waals surface area contributed by atoms with E-state index in [1.54, 1.807) is 7.05 Å². The van der Waals surface area contributed by atoms with Gasteiger partial charge in [0, 0.05) is 19.2 Å². The monoisotopic (exact) mass is 253 g/mol. The summed E-state index contributed by atoms with van der Waals surface area (Å²) in [6.07, 6.45) is 0. The van der Waals surface area contributed by atoms with Gasteiger partial charge in [0.15, 0.2) is 11.5 Å². The van der Waals surface area contributed by atoms with Crippen molar-refractivity contribution >= 4 is 17.3 Å². The Labute approximate surface area is 104 Å². The van der Waals surface area contributed by atoms with Crippen molar-refractivity contribution in [1.82, 2.24) is 4.98 Å². The number of nitro groups is 1. The number of amidine groups is 1. The highest BCUT2D eigenvalue weighted by Gasteiger charge is 2.21. The van der Waals surface area contributed by atoms with E-state index >= 15 is 0 Å². The van der Waals surface area contributed by atoms with Crippen LogP contribution in [0.4, 0.5) is 11.5 Å². The van der Waals surface area contributed by atoms with Gasteiger partial charge < -0.3 is 15.8 Å². The van der Waals surface area contributed by atoms with Crippen LogP contribution in [0.3, 0.4) is 0 Å². The van der Waals surface area contributed by atoms with Crippen LogP contribution in [0.2, 0.25) is 0 Å². The molecule has 0 bridgehead atoms. The van der Waals surface area contributed by atoms with E-state index in [-0.39, 0.29) is 23.3 Å². The lowest BCUT2D eigenvalue weighted by Gasteiger charge is -2.22. The van der Waals surface area contributed by atoms with Crippen LogP contribution >= 0.6 is 0 Å². The first-order valence-corrected chi connectivity index (χ1v) is 5.24. The minimum absolute atomic E-state index is 0.146. The number of nitrogens with zero attached hydrogens (tertiary/aromatic N) is 4. The minimum Gasteiger partial charge on any atom is -0.409 e. The van der Waals surface area contributed by atoms with Gasteiger partial charge in [0.05, 0.1) is 4.92 Å². The van der Waals surface area contributed by atoms with Gasteiger partial charge in [-0.3, -0.25) is 10.1 Å². The van der Waals surface area contributed by atoms with E-state index < -0.39 is 4.92 Å². The van der Waals surface area contributed by atoms with Gasteiger partial charge in [-0.25, -0.2) is 4.98 Å². The molecule has 98 valence electrons. The molecule has 8 nitrogen and oxygen atoms in total. The zero-order chi connectivity index (χ0) is 13.9. The molecule has 0 fully saturated rings. The lowest BCUT2D eigenvalue weighted by atomic mass is 10.2. The van der Waals surface area contributed by atoms with E-state index in [2.05, 4.69) is 10.1 Å². The number of anilines is 1. The van der Waals surface area contributed by atoms with Crippen molar-refractivity contribution in [2.45, 2.75) is 19.9 Å². The maximum Gasteiger partial charge on any atom is 0.298 e. The van der Waals surface area contributed by atoms with Crippen LogP contribution in [0.15, 0.2) is 17.3 Å². The smallest absolute Gasteiger partial charge is 0.298 e. The molecule has 1 aromatic heterocycles. The van der Waals surface area contributed by atoms with Gasteiger partial charge in [-0.05, 0) is 19.9 Å². The van der Waals surface area contributed by atoms with Gasteiger partial charge in [0.2, 0.25) is 0 Å². The normalized spacial score (nSPS) is 11.7. The molecule has 0 spiro atoms. The van der Waals surface area contributed by atoms with Crippen molar-refractivity contribution in [2.75, 3.05) is 11.9 Å². The quantitative estimate of drug-likeness (QED) is 0.271. The van der Waals surface area contributed by atoms with Gasteiger partial charge in [-0.1, -0.05) is 5.16 Å². The van der Waals surface area contributed by atoms with Crippen LogP contribution in [-0.2, 0) is 0 Å². The van der Waals surface area contributed by atoms with Gasteiger partial charge in [-0.15, -0.1) is 0 Å². The van der Waals surface area contributed by atoms with Gasteiger partial charge in [0.1, 0.15) is 5.82 Å². The van der Waals surface area contributed by atoms with Crippen LogP contribution in [0.25, 0.3) is 0 Å². The molecule has 0 aliphatic carbocycles. The van der Waals surface area contributed by atoms with Gasteiger partial charge >= 0.3 is 0 Å². The molecular formula is C10H15N5O3. The molecule has 0 aliphatic rings. The van der Waals surface area contributed by atoms with E-state index in [9.17, 15) is 10.1 Å². The standard InChI is InChI=1S/C10H15N5O3/c1-6(2)14(3)8-5-4-7(15(17)18)9(12-8)10(11)13-16/h4-6,16H,1-3H3,(H2,11,13). The number of aromatic nitrogens is 1. The Morgan fingerprint density at radius 2 is 2.22 bits per heavy atom. The average molecular weight is 253 g/mol. The van der Waals surface area contributed by atoms with Crippen molar-refractivity contribution < 1.29 is 10.1 Å². The Morgan fingerprint density at radius 1 is 1.61 bits per heavy atom. The molecule has 0 unspecified atom stereocenters. The summed E-state index contributed by atoms with van der Waals surface area (Å²) in [5, 5.41) is 22.2. The fraction of sp³-hybridized carbons (Fsp3) is 0.400. The molecule has 0 aliphatic heterocycles. The number of rotatable bonds is 4. The Bertz CT molecular complexity index is 486. The van der Waals surface area contributed by atoms with E-state index in [0.29, 0.717) is 5.82 Å². The largest absolute Gasteiger partial charge is 0.409 e. The lowest BCUT2D eigenvalue weighted by molar-refractivity contribution is -0.385. The minimum atomic E-state index is -0.625. The van der Waals surface area contributed by atoms with E-state index in [1.807, 2.05) is 18.7 Å². The molecule has 0 radical (unpaired) electrons. The van der Waals surface area contributed by atoms with Crippen molar-refractivity contribution in [3.8, 4) is 0 Å². The first-order chi connectivity index (χ1) is 8.38. The van der Waals surface area contributed by atoms with Crippen LogP contribution in [0.1, 0.15) is 19.5 Å². The summed E-state index contributed by atoms with van der Waals surface area (Å²) in [6.45, 7) is 3.90. The van der Waals surface area contributed by atoms with Crippen LogP contribution in [0.5, 0.6) is 0 Å².